The van der Waals surface area contributed by atoms with Gasteiger partial charge in [-0.1, -0.05) is 18.5 Å². The summed E-state index contributed by atoms with van der Waals surface area (Å²) in [6.07, 6.45) is 5.12. The summed E-state index contributed by atoms with van der Waals surface area (Å²) in [5, 5.41) is 3.73. The molecule has 4 nitrogen and oxygen atoms in total. The molecule has 0 spiro atoms. The molecule has 0 aliphatic rings. The summed E-state index contributed by atoms with van der Waals surface area (Å²) in [6, 6.07) is 2.93. The van der Waals surface area contributed by atoms with Crippen molar-refractivity contribution in [2.24, 2.45) is 0 Å². The first-order valence-corrected chi connectivity index (χ1v) is 6.75. The molecular formula is C14H16ClFN4. The van der Waals surface area contributed by atoms with E-state index in [4.69, 9.17) is 17.3 Å². The second-order valence-corrected chi connectivity index (χ2v) is 4.85. The third-order valence-corrected chi connectivity index (χ3v) is 3.15. The molecule has 2 rings (SSSR count). The van der Waals surface area contributed by atoms with Crippen LogP contribution in [-0.2, 0) is 0 Å². The van der Waals surface area contributed by atoms with E-state index in [-0.39, 0.29) is 5.82 Å². The number of pyridine rings is 2. The highest BCUT2D eigenvalue weighted by atomic mass is 35.5. The molecule has 0 bridgehead atoms. The number of nitrogens with two attached hydrogens (primary N) is 1. The van der Waals surface area contributed by atoms with Crippen molar-refractivity contribution in [3.05, 3.63) is 52.7 Å². The van der Waals surface area contributed by atoms with Crippen LogP contribution in [0.25, 0.3) is 0 Å². The maximum absolute atomic E-state index is 14.0. The van der Waals surface area contributed by atoms with Crippen LogP contribution in [0.3, 0.4) is 0 Å². The largest absolute Gasteiger partial charge is 0.383 e. The molecule has 1 atom stereocenters. The van der Waals surface area contributed by atoms with Crippen LogP contribution in [0.15, 0.2) is 30.7 Å². The van der Waals surface area contributed by atoms with Crippen molar-refractivity contribution in [2.75, 3.05) is 12.3 Å². The summed E-state index contributed by atoms with van der Waals surface area (Å²) >= 11 is 5.97. The highest BCUT2D eigenvalue weighted by molar-refractivity contribution is 6.30. The third kappa shape index (κ3) is 3.23. The van der Waals surface area contributed by atoms with Gasteiger partial charge in [-0.2, -0.15) is 0 Å². The maximum atomic E-state index is 14.0. The molecule has 2 aromatic heterocycles. The number of halogens is 2. The number of hydrogen-bond donors (Lipinski definition) is 2. The molecule has 1 unspecified atom stereocenters. The fourth-order valence-corrected chi connectivity index (χ4v) is 2.16. The average molecular weight is 295 g/mol. The van der Waals surface area contributed by atoms with Gasteiger partial charge in [-0.15, -0.1) is 0 Å². The number of nitrogens with zero attached hydrogens (tertiary/aromatic N) is 2. The van der Waals surface area contributed by atoms with Gasteiger partial charge in [0.25, 0.3) is 0 Å². The van der Waals surface area contributed by atoms with Gasteiger partial charge in [0.05, 0.1) is 17.3 Å². The van der Waals surface area contributed by atoms with Gasteiger partial charge < -0.3 is 11.1 Å². The molecule has 2 heterocycles. The molecule has 20 heavy (non-hydrogen) atoms. The Morgan fingerprint density at radius 2 is 2.20 bits per heavy atom. The Morgan fingerprint density at radius 3 is 2.90 bits per heavy atom. The van der Waals surface area contributed by atoms with Crippen LogP contribution in [0, 0.1) is 5.82 Å². The van der Waals surface area contributed by atoms with Crippen LogP contribution >= 0.6 is 11.6 Å². The monoisotopic (exact) mass is 294 g/mol. The van der Waals surface area contributed by atoms with E-state index in [2.05, 4.69) is 15.3 Å². The number of anilines is 1. The number of rotatable bonds is 5. The van der Waals surface area contributed by atoms with Gasteiger partial charge in [0.15, 0.2) is 0 Å². The summed E-state index contributed by atoms with van der Waals surface area (Å²) in [6.45, 7) is 2.75. The van der Waals surface area contributed by atoms with Gasteiger partial charge in [-0.3, -0.25) is 4.98 Å². The summed E-state index contributed by atoms with van der Waals surface area (Å²) < 4.78 is 14.0. The molecule has 0 aliphatic carbocycles. The zero-order valence-electron chi connectivity index (χ0n) is 11.1. The first-order valence-electron chi connectivity index (χ1n) is 6.37. The van der Waals surface area contributed by atoms with Crippen molar-refractivity contribution in [1.82, 2.24) is 15.3 Å². The molecule has 0 fully saturated rings. The molecular weight excluding hydrogens is 279 g/mol. The van der Waals surface area contributed by atoms with Crippen molar-refractivity contribution in [2.45, 2.75) is 19.4 Å². The minimum atomic E-state index is -0.399. The van der Waals surface area contributed by atoms with Gasteiger partial charge in [-0.25, -0.2) is 9.37 Å². The molecule has 0 aromatic carbocycles. The lowest BCUT2D eigenvalue weighted by Crippen LogP contribution is -2.25. The zero-order chi connectivity index (χ0) is 14.5. The molecule has 6 heteroatoms. The standard InChI is InChI=1S/C14H16ClFN4/c1-2-4-19-13(10-3-5-18-8-12(10)16)11-6-9(15)7-20-14(11)17/h3,5-8,13,19H,2,4H2,1H3,(H2,17,20). The smallest absolute Gasteiger partial charge is 0.146 e. The maximum Gasteiger partial charge on any atom is 0.146 e. The molecule has 0 radical (unpaired) electrons. The van der Waals surface area contributed by atoms with Crippen molar-refractivity contribution < 1.29 is 4.39 Å². The molecule has 106 valence electrons. The Morgan fingerprint density at radius 1 is 1.40 bits per heavy atom. The highest BCUT2D eigenvalue weighted by Gasteiger charge is 2.20. The molecule has 2 aromatic rings. The SMILES string of the molecule is CCCNC(c1ccncc1F)c1cc(Cl)cnc1N. The van der Waals surface area contributed by atoms with Crippen molar-refractivity contribution in [3.8, 4) is 0 Å². The van der Waals surface area contributed by atoms with E-state index in [0.717, 1.165) is 13.0 Å². The van der Waals surface area contributed by atoms with E-state index in [1.54, 1.807) is 18.3 Å². The van der Waals surface area contributed by atoms with Crippen LogP contribution in [-0.4, -0.2) is 16.5 Å². The third-order valence-electron chi connectivity index (χ3n) is 2.94. The second-order valence-electron chi connectivity index (χ2n) is 4.41. The van der Waals surface area contributed by atoms with E-state index in [1.807, 2.05) is 6.92 Å². The summed E-state index contributed by atoms with van der Waals surface area (Å²) in [5.74, 6) is -0.0558. The Labute approximate surface area is 122 Å². The summed E-state index contributed by atoms with van der Waals surface area (Å²) in [7, 11) is 0. The lowest BCUT2D eigenvalue weighted by molar-refractivity contribution is 0.543. The fraction of sp³-hybridized carbons (Fsp3) is 0.286. The number of hydrogen-bond acceptors (Lipinski definition) is 4. The van der Waals surface area contributed by atoms with Gasteiger partial charge in [-0.05, 0) is 25.1 Å². The van der Waals surface area contributed by atoms with Crippen LogP contribution < -0.4 is 11.1 Å². The van der Waals surface area contributed by atoms with E-state index in [9.17, 15) is 4.39 Å². The minimum Gasteiger partial charge on any atom is -0.383 e. The van der Waals surface area contributed by atoms with E-state index < -0.39 is 6.04 Å². The van der Waals surface area contributed by atoms with Crippen molar-refractivity contribution in [1.29, 1.82) is 0 Å². The first kappa shape index (κ1) is 14.7. The Kier molecular flexibility index (Phi) is 4.87. The normalized spacial score (nSPS) is 12.3. The minimum absolute atomic E-state index is 0.333. The van der Waals surface area contributed by atoms with E-state index in [1.165, 1.54) is 12.4 Å². The lowest BCUT2D eigenvalue weighted by atomic mass is 9.99. The quantitative estimate of drug-likeness (QED) is 0.890. The predicted octanol–water partition coefficient (Wildman–Crippen LogP) is 2.94. The molecule has 0 saturated heterocycles. The fourth-order valence-electron chi connectivity index (χ4n) is 1.99. The van der Waals surface area contributed by atoms with Crippen LogP contribution in [0.5, 0.6) is 0 Å². The summed E-state index contributed by atoms with van der Waals surface area (Å²) in [5.41, 5.74) is 7.04. The number of nitrogen functional groups attached to an aromatic ring is 1. The Hall–Kier alpha value is -1.72. The molecule has 0 saturated carbocycles. The van der Waals surface area contributed by atoms with E-state index in [0.29, 0.717) is 22.0 Å². The summed E-state index contributed by atoms with van der Waals surface area (Å²) in [4.78, 5) is 7.80. The molecule has 0 amide bonds. The number of aromatic nitrogens is 2. The van der Waals surface area contributed by atoms with Gasteiger partial charge >= 0.3 is 0 Å². The van der Waals surface area contributed by atoms with Crippen LogP contribution in [0.1, 0.15) is 30.5 Å². The highest BCUT2D eigenvalue weighted by Crippen LogP contribution is 2.29. The van der Waals surface area contributed by atoms with Gasteiger partial charge in [0, 0.05) is 23.5 Å². The van der Waals surface area contributed by atoms with Gasteiger partial charge in [0.1, 0.15) is 11.6 Å². The number of nitrogens with one attached hydrogen (secondary N) is 1. The first-order chi connectivity index (χ1) is 9.63. The van der Waals surface area contributed by atoms with Crippen LogP contribution in [0.2, 0.25) is 5.02 Å². The molecule has 3 N–H and O–H groups in total. The Bertz CT molecular complexity index is 591. The second kappa shape index (κ2) is 6.63. The Balaban J connectivity index is 2.47. The topological polar surface area (TPSA) is 63.8 Å². The van der Waals surface area contributed by atoms with E-state index >= 15 is 0 Å². The van der Waals surface area contributed by atoms with Crippen molar-refractivity contribution >= 4 is 17.4 Å². The van der Waals surface area contributed by atoms with Gasteiger partial charge in [0.2, 0.25) is 0 Å². The zero-order valence-corrected chi connectivity index (χ0v) is 11.9. The molecule has 0 aliphatic heterocycles. The van der Waals surface area contributed by atoms with Crippen LogP contribution in [0.4, 0.5) is 10.2 Å². The average Bonchev–Trinajstić information content (AvgIpc) is 2.44. The lowest BCUT2D eigenvalue weighted by Gasteiger charge is -2.21. The van der Waals surface area contributed by atoms with Crippen molar-refractivity contribution in [3.63, 3.8) is 0 Å². The predicted molar refractivity (Wildman–Crippen MR) is 78.0 cm³/mol.